The molecule has 3 rings (SSSR count). The molecule has 3 aromatic rings. The summed E-state index contributed by atoms with van der Waals surface area (Å²) in [5, 5.41) is 5.83. The van der Waals surface area contributed by atoms with Crippen LogP contribution in [-0.2, 0) is 0 Å². The monoisotopic (exact) mass is 391 g/mol. The van der Waals surface area contributed by atoms with Crippen LogP contribution in [0.1, 0.15) is 38.1 Å². The van der Waals surface area contributed by atoms with Crippen molar-refractivity contribution in [2.75, 3.05) is 26.0 Å². The fraction of sp³-hybridized carbons (Fsp3) is 0.217. The smallest absolute Gasteiger partial charge is 0.255 e. The highest BCUT2D eigenvalue weighted by atomic mass is 16.3. The van der Waals surface area contributed by atoms with Gasteiger partial charge in [0.2, 0.25) is 0 Å². The van der Waals surface area contributed by atoms with Crippen molar-refractivity contribution in [3.8, 4) is 0 Å². The number of hydrogen-bond donors (Lipinski definition) is 2. The zero-order valence-electron chi connectivity index (χ0n) is 16.8. The number of carbonyl (C=O) groups excluding carboxylic acids is 2. The van der Waals surface area contributed by atoms with Crippen LogP contribution in [0, 0.1) is 6.92 Å². The molecule has 0 aliphatic rings. The molecule has 1 unspecified atom stereocenters. The molecule has 29 heavy (non-hydrogen) atoms. The number of rotatable bonds is 7. The molecule has 6 nitrogen and oxygen atoms in total. The number of likely N-dealkylation sites (N-methyl/N-ethyl adjacent to an activating group) is 1. The highest BCUT2D eigenvalue weighted by Gasteiger charge is 2.19. The summed E-state index contributed by atoms with van der Waals surface area (Å²) in [7, 11) is 3.87. The summed E-state index contributed by atoms with van der Waals surface area (Å²) >= 11 is 0. The first-order valence-electron chi connectivity index (χ1n) is 9.41. The van der Waals surface area contributed by atoms with Crippen molar-refractivity contribution >= 4 is 17.5 Å². The van der Waals surface area contributed by atoms with Crippen LogP contribution in [0.3, 0.4) is 0 Å². The van der Waals surface area contributed by atoms with Gasteiger partial charge < -0.3 is 15.1 Å². The minimum absolute atomic E-state index is 0.0725. The second kappa shape index (κ2) is 9.21. The van der Waals surface area contributed by atoms with E-state index in [-0.39, 0.29) is 17.9 Å². The predicted molar refractivity (Wildman–Crippen MR) is 113 cm³/mol. The highest BCUT2D eigenvalue weighted by molar-refractivity contribution is 6.05. The van der Waals surface area contributed by atoms with E-state index in [2.05, 4.69) is 10.6 Å². The molecule has 150 valence electrons. The number of nitrogens with one attached hydrogen (secondary N) is 2. The van der Waals surface area contributed by atoms with Crippen LogP contribution in [-0.4, -0.2) is 37.4 Å². The van der Waals surface area contributed by atoms with Gasteiger partial charge >= 0.3 is 0 Å². The predicted octanol–water partition coefficient (Wildman–Crippen LogP) is 3.87. The van der Waals surface area contributed by atoms with Crippen LogP contribution in [0.5, 0.6) is 0 Å². The van der Waals surface area contributed by atoms with E-state index in [1.807, 2.05) is 62.3 Å². The summed E-state index contributed by atoms with van der Waals surface area (Å²) in [4.78, 5) is 27.1. The average Bonchev–Trinajstić information content (AvgIpc) is 3.24. The van der Waals surface area contributed by atoms with Crippen molar-refractivity contribution < 1.29 is 14.0 Å². The molecule has 0 bridgehead atoms. The Morgan fingerprint density at radius 2 is 1.72 bits per heavy atom. The molecule has 0 saturated heterocycles. The first-order chi connectivity index (χ1) is 14.0. The molecule has 0 radical (unpaired) electrons. The Labute approximate surface area is 170 Å². The summed E-state index contributed by atoms with van der Waals surface area (Å²) in [5.74, 6) is 0.366. The maximum absolute atomic E-state index is 12.7. The van der Waals surface area contributed by atoms with Crippen LogP contribution in [0.25, 0.3) is 0 Å². The van der Waals surface area contributed by atoms with E-state index >= 15 is 0 Å². The Bertz CT molecular complexity index is 966. The first-order valence-corrected chi connectivity index (χ1v) is 9.41. The van der Waals surface area contributed by atoms with E-state index in [9.17, 15) is 9.59 Å². The SMILES string of the molecule is Cc1ccc(C(=O)NCC(c2ccco2)N(C)C)cc1NC(=O)c1ccccc1. The fourth-order valence-electron chi connectivity index (χ4n) is 2.99. The Balaban J connectivity index is 1.70. The third-order valence-electron chi connectivity index (χ3n) is 4.73. The number of nitrogens with zero attached hydrogens (tertiary/aromatic N) is 1. The van der Waals surface area contributed by atoms with E-state index in [0.29, 0.717) is 23.4 Å². The maximum Gasteiger partial charge on any atom is 0.255 e. The molecule has 1 heterocycles. The van der Waals surface area contributed by atoms with Crippen LogP contribution in [0.15, 0.2) is 71.3 Å². The van der Waals surface area contributed by atoms with Crippen molar-refractivity contribution in [2.45, 2.75) is 13.0 Å². The Hall–Kier alpha value is -3.38. The molecule has 2 aromatic carbocycles. The number of hydrogen-bond acceptors (Lipinski definition) is 4. The summed E-state index contributed by atoms with van der Waals surface area (Å²) in [5.41, 5.74) is 2.54. The van der Waals surface area contributed by atoms with Gasteiger partial charge in [-0.25, -0.2) is 0 Å². The van der Waals surface area contributed by atoms with E-state index in [1.165, 1.54) is 0 Å². The van der Waals surface area contributed by atoms with Crippen molar-refractivity contribution in [1.82, 2.24) is 10.2 Å². The zero-order chi connectivity index (χ0) is 20.8. The average molecular weight is 391 g/mol. The standard InChI is InChI=1S/C23H25N3O3/c1-16-11-12-18(14-19(16)25-23(28)17-8-5-4-6-9-17)22(27)24-15-20(26(2)3)21-10-7-13-29-21/h4-14,20H,15H2,1-3H3,(H,24,27)(H,25,28). The molecule has 0 spiro atoms. The molecular weight excluding hydrogens is 366 g/mol. The first kappa shape index (κ1) is 20.4. The van der Waals surface area contributed by atoms with Crippen LogP contribution >= 0.6 is 0 Å². The van der Waals surface area contributed by atoms with Crippen molar-refractivity contribution in [3.63, 3.8) is 0 Å². The van der Waals surface area contributed by atoms with E-state index in [1.54, 1.807) is 30.5 Å². The summed E-state index contributed by atoms with van der Waals surface area (Å²) in [6.07, 6.45) is 1.62. The Kier molecular flexibility index (Phi) is 6.46. The molecular formula is C23H25N3O3. The van der Waals surface area contributed by atoms with Gasteiger partial charge in [0.05, 0.1) is 12.3 Å². The van der Waals surface area contributed by atoms with Crippen LogP contribution in [0.2, 0.25) is 0 Å². The van der Waals surface area contributed by atoms with Gasteiger partial charge in [0, 0.05) is 23.4 Å². The van der Waals surface area contributed by atoms with Crippen molar-refractivity contribution in [2.24, 2.45) is 0 Å². The molecule has 2 amide bonds. The van der Waals surface area contributed by atoms with E-state index < -0.39 is 0 Å². The lowest BCUT2D eigenvalue weighted by Crippen LogP contribution is -2.34. The summed E-state index contributed by atoms with van der Waals surface area (Å²) < 4.78 is 5.48. The number of aryl methyl sites for hydroxylation is 1. The lowest BCUT2D eigenvalue weighted by atomic mass is 10.1. The molecule has 0 saturated carbocycles. The third-order valence-corrected chi connectivity index (χ3v) is 4.73. The quantitative estimate of drug-likeness (QED) is 0.641. The van der Waals surface area contributed by atoms with Gasteiger partial charge in [0.1, 0.15) is 5.76 Å². The minimum Gasteiger partial charge on any atom is -0.468 e. The fourth-order valence-corrected chi connectivity index (χ4v) is 2.99. The second-order valence-corrected chi connectivity index (χ2v) is 7.05. The van der Waals surface area contributed by atoms with Crippen LogP contribution in [0.4, 0.5) is 5.69 Å². The number of amides is 2. The molecule has 6 heteroatoms. The van der Waals surface area contributed by atoms with E-state index in [4.69, 9.17) is 4.42 Å². The third kappa shape index (κ3) is 5.12. The van der Waals surface area contributed by atoms with Crippen molar-refractivity contribution in [3.05, 3.63) is 89.4 Å². The minimum atomic E-state index is -0.211. The van der Waals surface area contributed by atoms with Gasteiger partial charge in [-0.1, -0.05) is 24.3 Å². The van der Waals surface area contributed by atoms with Gasteiger partial charge in [0.15, 0.2) is 0 Å². The summed E-state index contributed by atoms with van der Waals surface area (Å²) in [6.45, 7) is 2.29. The molecule has 0 aliphatic carbocycles. The molecule has 1 aromatic heterocycles. The van der Waals surface area contributed by atoms with Gasteiger partial charge in [-0.15, -0.1) is 0 Å². The number of benzene rings is 2. The van der Waals surface area contributed by atoms with Gasteiger partial charge in [0.25, 0.3) is 11.8 Å². The lowest BCUT2D eigenvalue weighted by molar-refractivity contribution is 0.0938. The molecule has 1 atom stereocenters. The maximum atomic E-state index is 12.7. The number of carbonyl (C=O) groups is 2. The van der Waals surface area contributed by atoms with Gasteiger partial charge in [-0.2, -0.15) is 0 Å². The van der Waals surface area contributed by atoms with Gasteiger partial charge in [-0.3, -0.25) is 14.5 Å². The summed E-state index contributed by atoms with van der Waals surface area (Å²) in [6, 6.07) is 17.9. The topological polar surface area (TPSA) is 74.6 Å². The Morgan fingerprint density at radius 3 is 2.38 bits per heavy atom. The zero-order valence-corrected chi connectivity index (χ0v) is 16.8. The van der Waals surface area contributed by atoms with Crippen LogP contribution < -0.4 is 10.6 Å². The largest absolute Gasteiger partial charge is 0.468 e. The number of furan rings is 1. The molecule has 0 aliphatic heterocycles. The van der Waals surface area contributed by atoms with E-state index in [0.717, 1.165) is 11.3 Å². The molecule has 0 fully saturated rings. The second-order valence-electron chi connectivity index (χ2n) is 7.05. The number of anilines is 1. The van der Waals surface area contributed by atoms with Crippen molar-refractivity contribution in [1.29, 1.82) is 0 Å². The Morgan fingerprint density at radius 1 is 0.966 bits per heavy atom. The normalized spacial score (nSPS) is 11.9. The highest BCUT2D eigenvalue weighted by Crippen LogP contribution is 2.20. The molecule has 2 N–H and O–H groups in total. The lowest BCUT2D eigenvalue weighted by Gasteiger charge is -2.22. The van der Waals surface area contributed by atoms with Gasteiger partial charge in [-0.05, 0) is 63.0 Å².